The first-order valence-corrected chi connectivity index (χ1v) is 8.10. The third-order valence-corrected chi connectivity index (χ3v) is 4.91. The number of thioether (sulfide) groups is 1. The van der Waals surface area contributed by atoms with E-state index in [-0.39, 0.29) is 23.4 Å². The molecule has 0 amide bonds. The van der Waals surface area contributed by atoms with Gasteiger partial charge in [0.05, 0.1) is 12.9 Å². The standard InChI is InChI=1S/C18H16O3S/c1-21-17(20)11-22-16-9-5-8-13-14(10-15(19)18(13)16)12-6-3-2-4-7-12/h2-9,14H,10-11H2,1H3/t14-/m1/s1. The van der Waals surface area contributed by atoms with Crippen molar-refractivity contribution in [2.75, 3.05) is 12.9 Å². The third kappa shape index (κ3) is 2.79. The van der Waals surface area contributed by atoms with Crippen molar-refractivity contribution >= 4 is 23.5 Å². The van der Waals surface area contributed by atoms with Crippen LogP contribution in [0.3, 0.4) is 0 Å². The molecule has 0 unspecified atom stereocenters. The van der Waals surface area contributed by atoms with E-state index in [1.54, 1.807) is 0 Å². The zero-order chi connectivity index (χ0) is 15.5. The first-order chi connectivity index (χ1) is 10.7. The molecular weight excluding hydrogens is 296 g/mol. The van der Waals surface area contributed by atoms with Crippen LogP contribution in [0.15, 0.2) is 53.4 Å². The predicted octanol–water partition coefficient (Wildman–Crippen LogP) is 3.67. The molecule has 112 valence electrons. The number of ketones is 1. The van der Waals surface area contributed by atoms with Crippen LogP contribution in [0.1, 0.15) is 33.8 Å². The Morgan fingerprint density at radius 2 is 1.95 bits per heavy atom. The lowest BCUT2D eigenvalue weighted by atomic mass is 9.93. The van der Waals surface area contributed by atoms with Crippen LogP contribution in [-0.4, -0.2) is 24.6 Å². The lowest BCUT2D eigenvalue weighted by Gasteiger charge is -2.12. The number of carbonyl (C=O) groups excluding carboxylic acids is 2. The molecule has 0 spiro atoms. The van der Waals surface area contributed by atoms with Gasteiger partial charge >= 0.3 is 5.97 Å². The normalized spacial score (nSPS) is 16.4. The van der Waals surface area contributed by atoms with E-state index in [1.165, 1.54) is 18.9 Å². The van der Waals surface area contributed by atoms with Gasteiger partial charge in [-0.25, -0.2) is 0 Å². The van der Waals surface area contributed by atoms with E-state index >= 15 is 0 Å². The number of esters is 1. The summed E-state index contributed by atoms with van der Waals surface area (Å²) < 4.78 is 4.66. The maximum Gasteiger partial charge on any atom is 0.315 e. The average molecular weight is 312 g/mol. The maximum atomic E-state index is 12.5. The highest BCUT2D eigenvalue weighted by Crippen LogP contribution is 2.41. The van der Waals surface area contributed by atoms with Crippen LogP contribution in [-0.2, 0) is 9.53 Å². The molecule has 0 bridgehead atoms. The van der Waals surface area contributed by atoms with Gasteiger partial charge in [0.2, 0.25) is 0 Å². The third-order valence-electron chi connectivity index (χ3n) is 3.88. The zero-order valence-corrected chi connectivity index (χ0v) is 13.1. The fourth-order valence-corrected chi connectivity index (χ4v) is 3.77. The largest absolute Gasteiger partial charge is 0.468 e. The van der Waals surface area contributed by atoms with Crippen LogP contribution in [0.2, 0.25) is 0 Å². The molecule has 3 rings (SSSR count). The second-order valence-corrected chi connectivity index (χ2v) is 6.19. The summed E-state index contributed by atoms with van der Waals surface area (Å²) in [7, 11) is 1.37. The summed E-state index contributed by atoms with van der Waals surface area (Å²) in [5.41, 5.74) is 2.99. The van der Waals surface area contributed by atoms with Crippen LogP contribution in [0.5, 0.6) is 0 Å². The second-order valence-electron chi connectivity index (χ2n) is 5.18. The molecule has 2 aromatic rings. The minimum absolute atomic E-state index is 0.113. The molecule has 0 N–H and O–H groups in total. The van der Waals surface area contributed by atoms with Crippen molar-refractivity contribution in [1.29, 1.82) is 0 Å². The monoisotopic (exact) mass is 312 g/mol. The Bertz CT molecular complexity index is 710. The number of benzene rings is 2. The van der Waals surface area contributed by atoms with Crippen molar-refractivity contribution in [1.82, 2.24) is 0 Å². The molecular formula is C18H16O3S. The number of rotatable bonds is 4. The summed E-state index contributed by atoms with van der Waals surface area (Å²) in [5, 5.41) is 0. The molecule has 1 atom stereocenters. The Labute approximate surface area is 133 Å². The van der Waals surface area contributed by atoms with E-state index in [0.717, 1.165) is 21.6 Å². The van der Waals surface area contributed by atoms with Crippen molar-refractivity contribution in [3.8, 4) is 0 Å². The second kappa shape index (κ2) is 6.36. The number of methoxy groups -OCH3 is 1. The number of hydrogen-bond donors (Lipinski definition) is 0. The van der Waals surface area contributed by atoms with Gasteiger partial charge in [-0.1, -0.05) is 42.5 Å². The van der Waals surface area contributed by atoms with E-state index in [9.17, 15) is 9.59 Å². The summed E-state index contributed by atoms with van der Waals surface area (Å²) in [4.78, 5) is 24.6. The molecule has 0 radical (unpaired) electrons. The van der Waals surface area contributed by atoms with Crippen molar-refractivity contribution in [2.45, 2.75) is 17.2 Å². The molecule has 0 saturated heterocycles. The van der Waals surface area contributed by atoms with Gasteiger partial charge < -0.3 is 4.74 Å². The minimum Gasteiger partial charge on any atom is -0.468 e. The van der Waals surface area contributed by atoms with E-state index < -0.39 is 0 Å². The van der Waals surface area contributed by atoms with Gasteiger partial charge in [0, 0.05) is 22.8 Å². The molecule has 3 nitrogen and oxygen atoms in total. The Morgan fingerprint density at radius 1 is 1.18 bits per heavy atom. The van der Waals surface area contributed by atoms with Gasteiger partial charge in [0.15, 0.2) is 5.78 Å². The first-order valence-electron chi connectivity index (χ1n) is 7.11. The SMILES string of the molecule is COC(=O)CSc1cccc2c1C(=O)C[C@@H]2c1ccccc1. The smallest absolute Gasteiger partial charge is 0.315 e. The van der Waals surface area contributed by atoms with E-state index in [1.807, 2.05) is 36.4 Å². The van der Waals surface area contributed by atoms with Gasteiger partial charge in [-0.3, -0.25) is 9.59 Å². The number of Topliss-reactive ketones (excluding diaryl/α,β-unsaturated/α-hetero) is 1. The van der Waals surface area contributed by atoms with E-state index in [2.05, 4.69) is 16.9 Å². The summed E-state index contributed by atoms with van der Waals surface area (Å²) in [5.74, 6) is 0.197. The number of hydrogen-bond acceptors (Lipinski definition) is 4. The summed E-state index contributed by atoms with van der Waals surface area (Å²) in [6.07, 6.45) is 0.495. The number of ether oxygens (including phenoxy) is 1. The van der Waals surface area contributed by atoms with E-state index in [0.29, 0.717) is 6.42 Å². The van der Waals surface area contributed by atoms with Crippen LogP contribution in [0, 0.1) is 0 Å². The summed E-state index contributed by atoms with van der Waals surface area (Å²) in [6.45, 7) is 0. The summed E-state index contributed by atoms with van der Waals surface area (Å²) >= 11 is 1.36. The molecule has 2 aromatic carbocycles. The highest BCUT2D eigenvalue weighted by atomic mass is 32.2. The zero-order valence-electron chi connectivity index (χ0n) is 12.2. The van der Waals surface area contributed by atoms with Gasteiger partial charge in [-0.2, -0.15) is 0 Å². The topological polar surface area (TPSA) is 43.4 Å². The lowest BCUT2D eigenvalue weighted by molar-refractivity contribution is -0.137. The van der Waals surface area contributed by atoms with Crippen LogP contribution in [0.4, 0.5) is 0 Å². The predicted molar refractivity (Wildman–Crippen MR) is 86.4 cm³/mol. The highest BCUT2D eigenvalue weighted by Gasteiger charge is 2.32. The quantitative estimate of drug-likeness (QED) is 0.638. The van der Waals surface area contributed by atoms with Crippen molar-refractivity contribution in [3.05, 3.63) is 65.2 Å². The Hall–Kier alpha value is -2.07. The molecule has 0 aromatic heterocycles. The molecule has 1 aliphatic rings. The van der Waals surface area contributed by atoms with Crippen LogP contribution >= 0.6 is 11.8 Å². The van der Waals surface area contributed by atoms with Crippen molar-refractivity contribution in [2.24, 2.45) is 0 Å². The molecule has 0 saturated carbocycles. The van der Waals surface area contributed by atoms with Gasteiger partial charge in [0.25, 0.3) is 0 Å². The highest BCUT2D eigenvalue weighted by molar-refractivity contribution is 8.00. The Balaban J connectivity index is 1.94. The number of carbonyl (C=O) groups is 2. The first kappa shape index (κ1) is 14.9. The van der Waals surface area contributed by atoms with Crippen LogP contribution in [0.25, 0.3) is 0 Å². The lowest BCUT2D eigenvalue weighted by Crippen LogP contribution is -2.04. The summed E-state index contributed by atoms with van der Waals surface area (Å²) in [6, 6.07) is 15.9. The van der Waals surface area contributed by atoms with Gasteiger partial charge in [-0.15, -0.1) is 11.8 Å². The molecule has 1 aliphatic carbocycles. The van der Waals surface area contributed by atoms with Crippen LogP contribution < -0.4 is 0 Å². The number of fused-ring (bicyclic) bond motifs is 1. The minimum atomic E-state index is -0.285. The molecule has 4 heteroatoms. The van der Waals surface area contributed by atoms with Gasteiger partial charge in [-0.05, 0) is 17.2 Å². The average Bonchev–Trinajstić information content (AvgIpc) is 2.91. The van der Waals surface area contributed by atoms with Crippen molar-refractivity contribution in [3.63, 3.8) is 0 Å². The molecule has 22 heavy (non-hydrogen) atoms. The van der Waals surface area contributed by atoms with Gasteiger partial charge in [0.1, 0.15) is 0 Å². The fourth-order valence-electron chi connectivity index (χ4n) is 2.83. The maximum absolute atomic E-state index is 12.5. The molecule has 0 heterocycles. The molecule has 0 fully saturated rings. The fraction of sp³-hybridized carbons (Fsp3) is 0.222. The Kier molecular flexibility index (Phi) is 4.29. The van der Waals surface area contributed by atoms with E-state index in [4.69, 9.17) is 0 Å². The molecule has 0 aliphatic heterocycles. The van der Waals surface area contributed by atoms with Crippen molar-refractivity contribution < 1.29 is 14.3 Å². The Morgan fingerprint density at radius 3 is 2.68 bits per heavy atom.